The number of benzene rings is 2. The van der Waals surface area contributed by atoms with Crippen LogP contribution in [0.25, 0.3) is 0 Å². The Balaban J connectivity index is 1.42. The quantitative estimate of drug-likeness (QED) is 0.641. The van der Waals surface area contributed by atoms with E-state index < -0.39 is 0 Å². The first kappa shape index (κ1) is 18.8. The number of hydrogen-bond donors (Lipinski definition) is 2. The number of ether oxygens (including phenoxy) is 1. The van der Waals surface area contributed by atoms with Crippen molar-refractivity contribution in [1.82, 2.24) is 4.98 Å². The van der Waals surface area contributed by atoms with E-state index >= 15 is 0 Å². The summed E-state index contributed by atoms with van der Waals surface area (Å²) < 4.78 is 5.23. The van der Waals surface area contributed by atoms with Gasteiger partial charge >= 0.3 is 0 Å². The van der Waals surface area contributed by atoms with E-state index in [1.54, 1.807) is 25.4 Å². The maximum atomic E-state index is 12.7. The molecule has 1 aliphatic rings. The molecular formula is C23H24N4O2. The molecule has 0 aliphatic carbocycles. The smallest absolute Gasteiger partial charge is 0.255 e. The molecule has 6 nitrogen and oxygen atoms in total. The molecule has 4 rings (SSSR count). The highest BCUT2D eigenvalue weighted by molar-refractivity contribution is 6.04. The fraction of sp³-hybridized carbons (Fsp3) is 0.217. The monoisotopic (exact) mass is 388 g/mol. The van der Waals surface area contributed by atoms with Crippen LogP contribution in [0.15, 0.2) is 66.9 Å². The average molecular weight is 388 g/mol. The van der Waals surface area contributed by atoms with Crippen LogP contribution in [0.4, 0.5) is 22.9 Å². The van der Waals surface area contributed by atoms with E-state index in [2.05, 4.69) is 32.7 Å². The van der Waals surface area contributed by atoms with Gasteiger partial charge in [0.25, 0.3) is 5.91 Å². The number of methoxy groups -OCH3 is 1. The molecule has 3 aromatic rings. The molecule has 1 aromatic heterocycles. The number of nitrogens with one attached hydrogen (secondary N) is 2. The van der Waals surface area contributed by atoms with E-state index in [1.165, 1.54) is 18.5 Å². The van der Waals surface area contributed by atoms with Crippen molar-refractivity contribution in [3.8, 4) is 5.75 Å². The van der Waals surface area contributed by atoms with Crippen LogP contribution in [0.5, 0.6) is 5.75 Å². The number of rotatable bonds is 6. The van der Waals surface area contributed by atoms with Gasteiger partial charge in [-0.3, -0.25) is 4.79 Å². The summed E-state index contributed by atoms with van der Waals surface area (Å²) in [7, 11) is 1.62. The molecule has 1 aliphatic heterocycles. The molecule has 0 atom stereocenters. The van der Waals surface area contributed by atoms with Crippen LogP contribution in [0, 0.1) is 0 Å². The zero-order valence-corrected chi connectivity index (χ0v) is 16.4. The van der Waals surface area contributed by atoms with Gasteiger partial charge in [-0.2, -0.15) is 0 Å². The van der Waals surface area contributed by atoms with Crippen molar-refractivity contribution < 1.29 is 9.53 Å². The Morgan fingerprint density at radius 1 is 1.00 bits per heavy atom. The van der Waals surface area contributed by atoms with E-state index in [4.69, 9.17) is 4.74 Å². The molecule has 148 valence electrons. The van der Waals surface area contributed by atoms with Gasteiger partial charge in [-0.25, -0.2) is 4.98 Å². The van der Waals surface area contributed by atoms with Crippen LogP contribution in [0.3, 0.4) is 0 Å². The van der Waals surface area contributed by atoms with Gasteiger partial charge < -0.3 is 20.3 Å². The Bertz CT molecular complexity index is 982. The number of nitrogens with zero attached hydrogens (tertiary/aromatic N) is 2. The molecule has 29 heavy (non-hydrogen) atoms. The molecule has 2 aromatic carbocycles. The zero-order chi connectivity index (χ0) is 20.1. The summed E-state index contributed by atoms with van der Waals surface area (Å²) >= 11 is 0. The van der Waals surface area contributed by atoms with Crippen molar-refractivity contribution >= 4 is 28.8 Å². The van der Waals surface area contributed by atoms with Crippen LogP contribution < -0.4 is 20.3 Å². The Labute approximate surface area is 170 Å². The predicted octanol–water partition coefficient (Wildman–Crippen LogP) is 4.69. The van der Waals surface area contributed by atoms with Gasteiger partial charge in [0, 0.05) is 48.0 Å². The number of pyridine rings is 1. The SMILES string of the molecule is COc1cccc(Nc2cc(C(=O)Nc3ccc(N4CCCC4)cc3)ccn2)c1. The van der Waals surface area contributed by atoms with E-state index in [1.807, 2.05) is 36.4 Å². The number of carbonyl (C=O) groups excluding carboxylic acids is 1. The molecule has 0 spiro atoms. The zero-order valence-electron chi connectivity index (χ0n) is 16.4. The number of anilines is 4. The molecule has 1 fully saturated rings. The van der Waals surface area contributed by atoms with Crippen LogP contribution >= 0.6 is 0 Å². The lowest BCUT2D eigenvalue weighted by Gasteiger charge is -2.17. The van der Waals surface area contributed by atoms with Gasteiger partial charge in [0.05, 0.1) is 7.11 Å². The van der Waals surface area contributed by atoms with Crippen molar-refractivity contribution in [2.75, 3.05) is 35.7 Å². The molecular weight excluding hydrogens is 364 g/mol. The topological polar surface area (TPSA) is 66.5 Å². The summed E-state index contributed by atoms with van der Waals surface area (Å²) in [6, 6.07) is 19.0. The summed E-state index contributed by atoms with van der Waals surface area (Å²) in [5, 5.41) is 6.15. The minimum atomic E-state index is -0.171. The first-order valence-corrected chi connectivity index (χ1v) is 9.75. The summed E-state index contributed by atoms with van der Waals surface area (Å²) in [5.74, 6) is 1.17. The summed E-state index contributed by atoms with van der Waals surface area (Å²) in [6.45, 7) is 2.21. The third-order valence-electron chi connectivity index (χ3n) is 4.96. The fourth-order valence-electron chi connectivity index (χ4n) is 3.42. The maximum Gasteiger partial charge on any atom is 0.255 e. The lowest BCUT2D eigenvalue weighted by atomic mass is 10.2. The maximum absolute atomic E-state index is 12.7. The predicted molar refractivity (Wildman–Crippen MR) is 116 cm³/mol. The van der Waals surface area contributed by atoms with Crippen molar-refractivity contribution in [3.05, 3.63) is 72.4 Å². The largest absolute Gasteiger partial charge is 0.497 e. The highest BCUT2D eigenvalue weighted by Gasteiger charge is 2.13. The Morgan fingerprint density at radius 2 is 1.79 bits per heavy atom. The van der Waals surface area contributed by atoms with Crippen LogP contribution in [0.1, 0.15) is 23.2 Å². The Hall–Kier alpha value is -3.54. The standard InChI is InChI=1S/C23H24N4O2/c1-29-21-6-4-5-19(16-21)25-22-15-17(11-12-24-22)23(28)26-18-7-9-20(10-8-18)27-13-2-3-14-27/h4-12,15-16H,2-3,13-14H2,1H3,(H,24,25)(H,26,28). The molecule has 2 heterocycles. The third kappa shape index (κ3) is 4.66. The molecule has 0 bridgehead atoms. The average Bonchev–Trinajstić information content (AvgIpc) is 3.29. The Kier molecular flexibility index (Phi) is 5.61. The fourth-order valence-corrected chi connectivity index (χ4v) is 3.42. The van der Waals surface area contributed by atoms with E-state index in [9.17, 15) is 4.79 Å². The van der Waals surface area contributed by atoms with Gasteiger partial charge in [0.15, 0.2) is 0 Å². The lowest BCUT2D eigenvalue weighted by Crippen LogP contribution is -2.17. The molecule has 1 saturated heterocycles. The van der Waals surface area contributed by atoms with Gasteiger partial charge in [-0.15, -0.1) is 0 Å². The van der Waals surface area contributed by atoms with Crippen molar-refractivity contribution in [2.24, 2.45) is 0 Å². The van der Waals surface area contributed by atoms with Crippen LogP contribution in [0.2, 0.25) is 0 Å². The normalized spacial score (nSPS) is 13.2. The van der Waals surface area contributed by atoms with Crippen LogP contribution in [-0.4, -0.2) is 31.1 Å². The van der Waals surface area contributed by atoms with E-state index in [-0.39, 0.29) is 5.91 Å². The van der Waals surface area contributed by atoms with Crippen molar-refractivity contribution in [2.45, 2.75) is 12.8 Å². The van der Waals surface area contributed by atoms with Gasteiger partial charge in [0.2, 0.25) is 0 Å². The van der Waals surface area contributed by atoms with Gasteiger partial charge in [-0.05, 0) is 61.4 Å². The van der Waals surface area contributed by atoms with Crippen LogP contribution in [-0.2, 0) is 0 Å². The number of carbonyl (C=O) groups is 1. The summed E-state index contributed by atoms with van der Waals surface area (Å²) in [5.41, 5.74) is 3.35. The second-order valence-electron chi connectivity index (χ2n) is 6.98. The minimum Gasteiger partial charge on any atom is -0.497 e. The molecule has 0 unspecified atom stereocenters. The van der Waals surface area contributed by atoms with Gasteiger partial charge in [-0.1, -0.05) is 6.07 Å². The van der Waals surface area contributed by atoms with Crippen molar-refractivity contribution in [3.63, 3.8) is 0 Å². The van der Waals surface area contributed by atoms with E-state index in [0.717, 1.165) is 30.2 Å². The lowest BCUT2D eigenvalue weighted by molar-refractivity contribution is 0.102. The molecule has 1 amide bonds. The second-order valence-corrected chi connectivity index (χ2v) is 6.98. The highest BCUT2D eigenvalue weighted by atomic mass is 16.5. The summed E-state index contributed by atoms with van der Waals surface area (Å²) in [4.78, 5) is 19.3. The van der Waals surface area contributed by atoms with Crippen molar-refractivity contribution in [1.29, 1.82) is 0 Å². The van der Waals surface area contributed by atoms with Gasteiger partial charge in [0.1, 0.15) is 11.6 Å². The summed E-state index contributed by atoms with van der Waals surface area (Å²) in [6.07, 6.45) is 4.10. The first-order valence-electron chi connectivity index (χ1n) is 9.75. The second kappa shape index (κ2) is 8.65. The highest BCUT2D eigenvalue weighted by Crippen LogP contribution is 2.23. The first-order chi connectivity index (χ1) is 14.2. The Morgan fingerprint density at radius 3 is 2.55 bits per heavy atom. The molecule has 0 radical (unpaired) electrons. The molecule has 2 N–H and O–H groups in total. The number of hydrogen-bond acceptors (Lipinski definition) is 5. The molecule has 6 heteroatoms. The van der Waals surface area contributed by atoms with E-state index in [0.29, 0.717) is 11.4 Å². The number of amides is 1. The molecule has 0 saturated carbocycles. The third-order valence-corrected chi connectivity index (χ3v) is 4.96. The minimum absolute atomic E-state index is 0.171. The number of aromatic nitrogens is 1.